The van der Waals surface area contributed by atoms with Crippen molar-refractivity contribution in [2.75, 3.05) is 19.6 Å². The zero-order valence-electron chi connectivity index (χ0n) is 8.59. The van der Waals surface area contributed by atoms with Crippen LogP contribution in [0.15, 0.2) is 0 Å². The summed E-state index contributed by atoms with van der Waals surface area (Å²) in [5.74, 6) is 1.46. The third-order valence-corrected chi connectivity index (χ3v) is 2.68. The number of hydrogen-bond acceptors (Lipinski definition) is 2. The summed E-state index contributed by atoms with van der Waals surface area (Å²) >= 11 is 0. The van der Waals surface area contributed by atoms with E-state index in [0.717, 1.165) is 5.92 Å². The Morgan fingerprint density at radius 2 is 2.17 bits per heavy atom. The SMILES string of the molecule is CC(C)CN1CCC(N)C(C)C1. The summed E-state index contributed by atoms with van der Waals surface area (Å²) in [6.07, 6.45) is 1.17. The van der Waals surface area contributed by atoms with Gasteiger partial charge in [0.1, 0.15) is 0 Å². The predicted octanol–water partition coefficient (Wildman–Crippen LogP) is 1.31. The molecule has 1 aliphatic heterocycles. The second kappa shape index (κ2) is 4.24. The van der Waals surface area contributed by atoms with Gasteiger partial charge in [-0.1, -0.05) is 20.8 Å². The molecule has 1 heterocycles. The van der Waals surface area contributed by atoms with Gasteiger partial charge < -0.3 is 10.6 Å². The largest absolute Gasteiger partial charge is 0.327 e. The van der Waals surface area contributed by atoms with Gasteiger partial charge in [-0.15, -0.1) is 0 Å². The van der Waals surface area contributed by atoms with Gasteiger partial charge in [0.05, 0.1) is 0 Å². The molecule has 2 atom stereocenters. The van der Waals surface area contributed by atoms with E-state index in [1.807, 2.05) is 0 Å². The molecule has 12 heavy (non-hydrogen) atoms. The molecule has 1 aliphatic rings. The van der Waals surface area contributed by atoms with Crippen LogP contribution in [0, 0.1) is 11.8 Å². The van der Waals surface area contributed by atoms with Gasteiger partial charge in [-0.05, 0) is 24.8 Å². The maximum atomic E-state index is 5.94. The minimum Gasteiger partial charge on any atom is -0.327 e. The summed E-state index contributed by atoms with van der Waals surface area (Å²) < 4.78 is 0. The monoisotopic (exact) mass is 170 g/mol. The van der Waals surface area contributed by atoms with Crippen molar-refractivity contribution in [1.82, 2.24) is 4.90 Å². The minimum atomic E-state index is 0.438. The quantitative estimate of drug-likeness (QED) is 0.677. The Balaban J connectivity index is 2.30. The molecule has 0 bridgehead atoms. The fourth-order valence-corrected chi connectivity index (χ4v) is 1.93. The zero-order chi connectivity index (χ0) is 9.14. The van der Waals surface area contributed by atoms with Gasteiger partial charge in [-0.2, -0.15) is 0 Å². The highest BCUT2D eigenvalue weighted by molar-refractivity contribution is 4.80. The standard InChI is InChI=1S/C10H22N2/c1-8(2)6-12-5-4-10(11)9(3)7-12/h8-10H,4-7,11H2,1-3H3. The summed E-state index contributed by atoms with van der Waals surface area (Å²) in [7, 11) is 0. The Kier molecular flexibility index (Phi) is 3.53. The van der Waals surface area contributed by atoms with Crippen molar-refractivity contribution >= 4 is 0 Å². The van der Waals surface area contributed by atoms with Crippen molar-refractivity contribution in [2.24, 2.45) is 17.6 Å². The first-order valence-electron chi connectivity index (χ1n) is 5.07. The Bertz CT molecular complexity index is 134. The highest BCUT2D eigenvalue weighted by atomic mass is 15.1. The van der Waals surface area contributed by atoms with Crippen molar-refractivity contribution in [3.8, 4) is 0 Å². The first kappa shape index (κ1) is 10.0. The van der Waals surface area contributed by atoms with Gasteiger partial charge in [-0.3, -0.25) is 0 Å². The third kappa shape index (κ3) is 2.76. The van der Waals surface area contributed by atoms with Crippen LogP contribution in [0.4, 0.5) is 0 Å². The fourth-order valence-electron chi connectivity index (χ4n) is 1.93. The molecule has 0 spiro atoms. The number of rotatable bonds is 2. The molecule has 2 nitrogen and oxygen atoms in total. The summed E-state index contributed by atoms with van der Waals surface area (Å²) in [5, 5.41) is 0. The van der Waals surface area contributed by atoms with E-state index in [9.17, 15) is 0 Å². The number of nitrogens with two attached hydrogens (primary N) is 1. The smallest absolute Gasteiger partial charge is 0.00889 e. The lowest BCUT2D eigenvalue weighted by molar-refractivity contribution is 0.150. The molecule has 2 heteroatoms. The second-order valence-corrected chi connectivity index (χ2v) is 4.58. The topological polar surface area (TPSA) is 29.3 Å². The summed E-state index contributed by atoms with van der Waals surface area (Å²) in [6, 6.07) is 0.438. The highest BCUT2D eigenvalue weighted by Crippen LogP contribution is 2.15. The molecule has 0 aromatic carbocycles. The summed E-state index contributed by atoms with van der Waals surface area (Å²) in [6.45, 7) is 10.4. The first-order chi connectivity index (χ1) is 5.59. The Morgan fingerprint density at radius 3 is 2.67 bits per heavy atom. The lowest BCUT2D eigenvalue weighted by Crippen LogP contribution is -2.46. The fraction of sp³-hybridized carbons (Fsp3) is 1.00. The van der Waals surface area contributed by atoms with Crippen LogP contribution in [0.1, 0.15) is 27.2 Å². The van der Waals surface area contributed by atoms with Gasteiger partial charge >= 0.3 is 0 Å². The van der Waals surface area contributed by atoms with Crippen molar-refractivity contribution < 1.29 is 0 Å². The normalized spacial score (nSPS) is 32.8. The maximum Gasteiger partial charge on any atom is 0.00889 e. The van der Waals surface area contributed by atoms with Gasteiger partial charge in [0.15, 0.2) is 0 Å². The second-order valence-electron chi connectivity index (χ2n) is 4.58. The molecule has 0 radical (unpaired) electrons. The number of hydrogen-bond donors (Lipinski definition) is 1. The molecule has 0 aromatic heterocycles. The average Bonchev–Trinajstić information content (AvgIpc) is 1.96. The van der Waals surface area contributed by atoms with E-state index < -0.39 is 0 Å². The van der Waals surface area contributed by atoms with E-state index in [1.54, 1.807) is 0 Å². The number of likely N-dealkylation sites (tertiary alicyclic amines) is 1. The number of piperidine rings is 1. The van der Waals surface area contributed by atoms with Crippen molar-refractivity contribution in [2.45, 2.75) is 33.2 Å². The van der Waals surface area contributed by atoms with Gasteiger partial charge in [0, 0.05) is 19.1 Å². The predicted molar refractivity (Wildman–Crippen MR) is 53.0 cm³/mol. The Morgan fingerprint density at radius 1 is 1.50 bits per heavy atom. The highest BCUT2D eigenvalue weighted by Gasteiger charge is 2.22. The molecule has 1 saturated heterocycles. The minimum absolute atomic E-state index is 0.438. The molecular formula is C10H22N2. The van der Waals surface area contributed by atoms with E-state index in [-0.39, 0.29) is 0 Å². The van der Waals surface area contributed by atoms with Crippen LogP contribution in [0.3, 0.4) is 0 Å². The van der Waals surface area contributed by atoms with Crippen LogP contribution in [0.5, 0.6) is 0 Å². The van der Waals surface area contributed by atoms with Crippen molar-refractivity contribution in [3.63, 3.8) is 0 Å². The van der Waals surface area contributed by atoms with Crippen LogP contribution in [0.2, 0.25) is 0 Å². The summed E-state index contributed by atoms with van der Waals surface area (Å²) in [4.78, 5) is 2.54. The zero-order valence-corrected chi connectivity index (χ0v) is 8.59. The lowest BCUT2D eigenvalue weighted by atomic mass is 9.94. The third-order valence-electron chi connectivity index (χ3n) is 2.68. The molecule has 2 unspecified atom stereocenters. The van der Waals surface area contributed by atoms with E-state index in [0.29, 0.717) is 12.0 Å². The molecule has 1 rings (SSSR count). The molecule has 1 fully saturated rings. The molecule has 0 aromatic rings. The van der Waals surface area contributed by atoms with Crippen LogP contribution < -0.4 is 5.73 Å². The van der Waals surface area contributed by atoms with E-state index >= 15 is 0 Å². The van der Waals surface area contributed by atoms with E-state index in [1.165, 1.54) is 26.1 Å². The lowest BCUT2D eigenvalue weighted by Gasteiger charge is -2.35. The molecular weight excluding hydrogens is 148 g/mol. The van der Waals surface area contributed by atoms with Crippen LogP contribution in [0.25, 0.3) is 0 Å². The Labute approximate surface area is 76.1 Å². The average molecular weight is 170 g/mol. The number of nitrogens with zero attached hydrogens (tertiary/aromatic N) is 1. The molecule has 0 aliphatic carbocycles. The molecule has 2 N–H and O–H groups in total. The Hall–Kier alpha value is -0.0800. The maximum absolute atomic E-state index is 5.94. The van der Waals surface area contributed by atoms with Crippen molar-refractivity contribution in [1.29, 1.82) is 0 Å². The first-order valence-corrected chi connectivity index (χ1v) is 5.07. The molecule has 72 valence electrons. The van der Waals surface area contributed by atoms with Crippen molar-refractivity contribution in [3.05, 3.63) is 0 Å². The molecule has 0 amide bonds. The molecule has 0 saturated carbocycles. The van der Waals surface area contributed by atoms with Gasteiger partial charge in [0.25, 0.3) is 0 Å². The summed E-state index contributed by atoms with van der Waals surface area (Å²) in [5.41, 5.74) is 5.94. The van der Waals surface area contributed by atoms with Gasteiger partial charge in [0.2, 0.25) is 0 Å². The van der Waals surface area contributed by atoms with Crippen LogP contribution in [-0.2, 0) is 0 Å². The van der Waals surface area contributed by atoms with Crippen LogP contribution >= 0.6 is 0 Å². The van der Waals surface area contributed by atoms with E-state index in [4.69, 9.17) is 5.73 Å². The van der Waals surface area contributed by atoms with Crippen LogP contribution in [-0.4, -0.2) is 30.6 Å². The van der Waals surface area contributed by atoms with E-state index in [2.05, 4.69) is 25.7 Å². The van der Waals surface area contributed by atoms with Gasteiger partial charge in [-0.25, -0.2) is 0 Å².